The predicted molar refractivity (Wildman–Crippen MR) is 148 cm³/mol. The van der Waals surface area contributed by atoms with Crippen molar-refractivity contribution in [1.82, 2.24) is 9.62 Å². The second kappa shape index (κ2) is 13.7. The number of para-hydroxylation sites is 1. The Bertz CT molecular complexity index is 980. The zero-order valence-electron chi connectivity index (χ0n) is 22.1. The summed E-state index contributed by atoms with van der Waals surface area (Å²) < 4.78 is 14.4. The smallest absolute Gasteiger partial charge is 0.242 e. The molecule has 4 N–H and O–H groups in total. The average Bonchev–Trinajstić information content (AvgIpc) is 3.78. The standard InChI is InChI=1S/C15H25NO2S.C13H17N3O2/c1-3-4-5-6-7-8-12-11-13(12)14(17)16-19(18)15(2)9-10-15;14-13(18)11-7-4-8-16(11)12(17)9-15-10-5-2-1-3-6-10/h7-8,12-13H,3-6,9-11H2,1-2H3,(H,16,17);1-3,5-6,11,15H,4,7-9H2,(H2,14,18)/b8-7-;/t12?,13-,19?;/m0./s1. The normalized spacial score (nSPS) is 24.1. The first kappa shape index (κ1) is 28.9. The summed E-state index contributed by atoms with van der Waals surface area (Å²) in [7, 11) is -1.19. The molecule has 1 heterocycles. The molecule has 1 saturated heterocycles. The molecule has 0 radical (unpaired) electrons. The lowest BCUT2D eigenvalue weighted by atomic mass is 10.2. The number of nitrogens with two attached hydrogens (primary N) is 1. The molecule has 1 aromatic carbocycles. The van der Waals surface area contributed by atoms with E-state index in [2.05, 4.69) is 29.1 Å². The van der Waals surface area contributed by atoms with Gasteiger partial charge in [-0.2, -0.15) is 0 Å². The third kappa shape index (κ3) is 8.98. The fourth-order valence-corrected chi connectivity index (χ4v) is 5.41. The molecule has 3 fully saturated rings. The van der Waals surface area contributed by atoms with Crippen LogP contribution < -0.4 is 15.8 Å². The van der Waals surface area contributed by atoms with Crippen LogP contribution in [0.3, 0.4) is 0 Å². The number of benzene rings is 1. The minimum absolute atomic E-state index is 0.0188. The van der Waals surface area contributed by atoms with Crippen LogP contribution in [0.15, 0.2) is 42.5 Å². The topological polar surface area (TPSA) is 122 Å². The summed E-state index contributed by atoms with van der Waals surface area (Å²) in [4.78, 5) is 36.7. The number of allylic oxidation sites excluding steroid dienone is 2. The van der Waals surface area contributed by atoms with Crippen LogP contribution in [0.25, 0.3) is 0 Å². The molecule has 4 atom stereocenters. The molecule has 0 bridgehead atoms. The maximum Gasteiger partial charge on any atom is 0.242 e. The Morgan fingerprint density at radius 1 is 1.19 bits per heavy atom. The van der Waals surface area contributed by atoms with E-state index >= 15 is 0 Å². The molecule has 3 unspecified atom stereocenters. The third-order valence-corrected chi connectivity index (χ3v) is 8.94. The summed E-state index contributed by atoms with van der Waals surface area (Å²) in [5, 5.41) is 3.04. The van der Waals surface area contributed by atoms with Crippen LogP contribution in [0.2, 0.25) is 0 Å². The maximum absolute atomic E-state index is 12.0. The Morgan fingerprint density at radius 3 is 2.57 bits per heavy atom. The summed E-state index contributed by atoms with van der Waals surface area (Å²) in [5.74, 6) is -0.0743. The van der Waals surface area contributed by atoms with Gasteiger partial charge in [-0.3, -0.25) is 19.1 Å². The van der Waals surface area contributed by atoms with Crippen molar-refractivity contribution in [3.8, 4) is 0 Å². The van der Waals surface area contributed by atoms with Crippen LogP contribution in [0, 0.1) is 11.8 Å². The Kier molecular flexibility index (Phi) is 10.7. The number of nitrogens with zero attached hydrogens (tertiary/aromatic N) is 1. The second-order valence-electron chi connectivity index (χ2n) is 10.5. The zero-order valence-corrected chi connectivity index (χ0v) is 22.9. The number of rotatable bonds is 12. The van der Waals surface area contributed by atoms with E-state index in [4.69, 9.17) is 5.73 Å². The van der Waals surface area contributed by atoms with Gasteiger partial charge in [0, 0.05) is 18.2 Å². The Hall–Kier alpha value is -2.68. The molecule has 204 valence electrons. The lowest BCUT2D eigenvalue weighted by molar-refractivity contribution is -0.135. The van der Waals surface area contributed by atoms with Crippen molar-refractivity contribution in [3.63, 3.8) is 0 Å². The third-order valence-electron chi connectivity index (χ3n) is 7.25. The molecular weight excluding hydrogens is 488 g/mol. The summed E-state index contributed by atoms with van der Waals surface area (Å²) in [6.07, 6.45) is 13.6. The van der Waals surface area contributed by atoms with E-state index in [9.17, 15) is 18.6 Å². The first-order valence-electron chi connectivity index (χ1n) is 13.5. The van der Waals surface area contributed by atoms with Gasteiger partial charge in [-0.05, 0) is 69.9 Å². The van der Waals surface area contributed by atoms with E-state index in [-0.39, 0.29) is 29.0 Å². The first-order chi connectivity index (χ1) is 17.7. The minimum atomic E-state index is -1.19. The maximum atomic E-state index is 12.0. The van der Waals surface area contributed by atoms with Crippen LogP contribution in [0.1, 0.15) is 71.6 Å². The van der Waals surface area contributed by atoms with Crippen molar-refractivity contribution < 1.29 is 18.6 Å². The lowest BCUT2D eigenvalue weighted by Gasteiger charge is -2.22. The number of likely N-dealkylation sites (tertiary alicyclic amines) is 1. The largest absolute Gasteiger partial charge is 0.376 e. The van der Waals surface area contributed by atoms with E-state index in [1.165, 1.54) is 19.3 Å². The quantitative estimate of drug-likeness (QED) is 0.281. The molecule has 2 aliphatic carbocycles. The molecule has 8 nitrogen and oxygen atoms in total. The summed E-state index contributed by atoms with van der Waals surface area (Å²) in [6, 6.07) is 9.06. The van der Waals surface area contributed by atoms with Gasteiger partial charge in [-0.25, -0.2) is 4.21 Å². The number of carbonyl (C=O) groups is 3. The fourth-order valence-electron chi connectivity index (χ4n) is 4.36. The number of hydrogen-bond donors (Lipinski definition) is 3. The Balaban J connectivity index is 0.000000206. The highest BCUT2D eigenvalue weighted by molar-refractivity contribution is 7.85. The monoisotopic (exact) mass is 530 g/mol. The van der Waals surface area contributed by atoms with Crippen molar-refractivity contribution >= 4 is 34.4 Å². The number of amides is 3. The van der Waals surface area contributed by atoms with E-state index in [1.54, 1.807) is 4.90 Å². The molecule has 0 aromatic heterocycles. The summed E-state index contributed by atoms with van der Waals surface area (Å²) >= 11 is 0. The van der Waals surface area contributed by atoms with Gasteiger partial charge >= 0.3 is 0 Å². The molecule has 4 rings (SSSR count). The summed E-state index contributed by atoms with van der Waals surface area (Å²) in [6.45, 7) is 4.98. The molecule has 3 amide bonds. The van der Waals surface area contributed by atoms with Crippen molar-refractivity contribution in [3.05, 3.63) is 42.5 Å². The highest BCUT2D eigenvalue weighted by atomic mass is 32.2. The number of anilines is 1. The van der Waals surface area contributed by atoms with Crippen LogP contribution in [-0.2, 0) is 25.4 Å². The zero-order chi connectivity index (χ0) is 26.8. The molecule has 37 heavy (non-hydrogen) atoms. The van der Waals surface area contributed by atoms with Gasteiger partial charge in [-0.1, -0.05) is 50.1 Å². The van der Waals surface area contributed by atoms with Crippen molar-refractivity contribution in [2.45, 2.75) is 82.4 Å². The predicted octanol–water partition coefficient (Wildman–Crippen LogP) is 3.67. The van der Waals surface area contributed by atoms with Crippen molar-refractivity contribution in [1.29, 1.82) is 0 Å². The van der Waals surface area contributed by atoms with Gasteiger partial charge in [-0.15, -0.1) is 0 Å². The van der Waals surface area contributed by atoms with Crippen LogP contribution in [-0.4, -0.2) is 50.7 Å². The number of nitrogens with one attached hydrogen (secondary N) is 2. The highest BCUT2D eigenvalue weighted by Gasteiger charge is 2.47. The molecule has 2 saturated carbocycles. The van der Waals surface area contributed by atoms with Gasteiger partial charge in [0.1, 0.15) is 17.0 Å². The van der Waals surface area contributed by atoms with E-state index in [0.29, 0.717) is 18.9 Å². The number of unbranched alkanes of at least 4 members (excludes halogenated alkanes) is 3. The van der Waals surface area contributed by atoms with E-state index in [1.807, 2.05) is 37.3 Å². The average molecular weight is 531 g/mol. The first-order valence-corrected chi connectivity index (χ1v) is 14.7. The van der Waals surface area contributed by atoms with Gasteiger partial charge < -0.3 is 16.0 Å². The lowest BCUT2D eigenvalue weighted by Crippen LogP contribution is -2.45. The van der Waals surface area contributed by atoms with Gasteiger partial charge in [0.25, 0.3) is 0 Å². The van der Waals surface area contributed by atoms with Crippen molar-refractivity contribution in [2.75, 3.05) is 18.4 Å². The van der Waals surface area contributed by atoms with Crippen molar-refractivity contribution in [2.24, 2.45) is 17.6 Å². The van der Waals surface area contributed by atoms with Crippen LogP contribution in [0.5, 0.6) is 0 Å². The number of primary amides is 1. The SMILES string of the molecule is CCCCC/C=C\C1C[C@@H]1C(=O)NS(=O)C1(C)CC1.NC(=O)C1CCCN1C(=O)CNc1ccccc1. The fraction of sp³-hybridized carbons (Fsp3) is 0.607. The minimum Gasteiger partial charge on any atom is -0.376 e. The van der Waals surface area contributed by atoms with Gasteiger partial charge in [0.05, 0.1) is 11.3 Å². The second-order valence-corrected chi connectivity index (χ2v) is 12.2. The van der Waals surface area contributed by atoms with Crippen LogP contribution in [0.4, 0.5) is 5.69 Å². The van der Waals surface area contributed by atoms with Gasteiger partial charge in [0.2, 0.25) is 17.7 Å². The van der Waals surface area contributed by atoms with E-state index < -0.39 is 22.9 Å². The Labute approximate surface area is 223 Å². The van der Waals surface area contributed by atoms with Crippen LogP contribution >= 0.6 is 0 Å². The highest BCUT2D eigenvalue weighted by Crippen LogP contribution is 2.42. The molecular formula is C28H42N4O4S. The molecule has 1 aliphatic heterocycles. The molecule has 1 aromatic rings. The van der Waals surface area contributed by atoms with Gasteiger partial charge in [0.15, 0.2) is 0 Å². The molecule has 3 aliphatic rings. The Morgan fingerprint density at radius 2 is 1.92 bits per heavy atom. The molecule has 9 heteroatoms. The molecule has 0 spiro atoms. The number of carbonyl (C=O) groups excluding carboxylic acids is 3. The van der Waals surface area contributed by atoms with E-state index in [0.717, 1.165) is 37.8 Å². The summed E-state index contributed by atoms with van der Waals surface area (Å²) in [5.41, 5.74) is 6.17. The number of hydrogen-bond acceptors (Lipinski definition) is 5.